The Labute approximate surface area is 135 Å². The molecule has 0 saturated heterocycles. The smallest absolute Gasteiger partial charge is 1.00 e. The van der Waals surface area contributed by atoms with Crippen LogP contribution in [0.25, 0.3) is 0 Å². The van der Waals surface area contributed by atoms with E-state index in [4.69, 9.17) is 4.74 Å². The first kappa shape index (κ1) is 23.1. The molecule has 0 amide bonds. The topological polar surface area (TPSA) is 9.23 Å². The van der Waals surface area contributed by atoms with Gasteiger partial charge < -0.3 is 29.6 Å². The van der Waals surface area contributed by atoms with E-state index in [1.54, 1.807) is 0 Å². The van der Waals surface area contributed by atoms with Gasteiger partial charge in [0.2, 0.25) is 0 Å². The monoisotopic (exact) mass is 327 g/mol. The van der Waals surface area contributed by atoms with Gasteiger partial charge in [0.25, 0.3) is 0 Å². The van der Waals surface area contributed by atoms with E-state index in [1.807, 2.05) is 0 Å². The molecule has 0 heterocycles. The molecule has 0 fully saturated rings. The summed E-state index contributed by atoms with van der Waals surface area (Å²) in [5, 5.41) is 0. The largest absolute Gasteiger partial charge is 3.00 e. The first-order valence-electron chi connectivity index (χ1n) is 5.63. The fourth-order valence-corrected chi connectivity index (χ4v) is 2.86. The molecular weight excluding hydrogens is 307 g/mol. The Kier molecular flexibility index (Phi) is 18.2. The fourth-order valence-electron chi connectivity index (χ4n) is 1.62. The predicted molar refractivity (Wildman–Crippen MR) is 64.2 cm³/mol. The molecule has 1 rings (SSSR count). The Hall–Kier alpha value is 0.951. The molecule has 5 heteroatoms. The van der Waals surface area contributed by atoms with E-state index in [2.05, 4.69) is 38.2 Å². The maximum Gasteiger partial charge on any atom is 3.00 e. The Morgan fingerprint density at radius 2 is 2.06 bits per heavy atom. The summed E-state index contributed by atoms with van der Waals surface area (Å²) in [6, 6.07) is 1.24. The maximum absolute atomic E-state index is 5.87. The third-order valence-corrected chi connectivity index (χ3v) is 3.65. The fraction of sp³-hybridized carbons (Fsp3) is 0.667. The molecule has 97 valence electrons. The molecule has 0 aliphatic heterocycles. The molecule has 0 spiro atoms. The molecule has 1 aliphatic carbocycles. The van der Waals surface area contributed by atoms with Crippen molar-refractivity contribution in [2.75, 3.05) is 6.61 Å². The summed E-state index contributed by atoms with van der Waals surface area (Å²) in [5.41, 5.74) is 1.29. The summed E-state index contributed by atoms with van der Waals surface area (Å²) < 4.78 is 5.87. The third kappa shape index (κ3) is 9.52. The maximum atomic E-state index is 5.87. The SMILES string of the molecule is CCCOC(C[SiH](C)C)C1=[C-]CC=C1.[Cl-].[Cl-].[Ti+3]. The number of ether oxygens (including phenoxy) is 1. The molecule has 1 aliphatic rings. The third-order valence-electron chi connectivity index (χ3n) is 2.28. The van der Waals surface area contributed by atoms with Crippen molar-refractivity contribution in [1.29, 1.82) is 0 Å². The number of rotatable bonds is 6. The molecule has 0 aromatic rings. The van der Waals surface area contributed by atoms with Crippen molar-refractivity contribution in [3.63, 3.8) is 0 Å². The molecule has 0 N–H and O–H groups in total. The number of hydrogen-bond acceptors (Lipinski definition) is 1. The van der Waals surface area contributed by atoms with Crippen molar-refractivity contribution in [1.82, 2.24) is 0 Å². The van der Waals surface area contributed by atoms with Crippen LogP contribution in [0.1, 0.15) is 19.8 Å². The molecule has 1 nitrogen and oxygen atoms in total. The van der Waals surface area contributed by atoms with Crippen LogP contribution in [-0.4, -0.2) is 21.5 Å². The number of halogens is 2. The van der Waals surface area contributed by atoms with Crippen LogP contribution in [0.3, 0.4) is 0 Å². The second-order valence-electron chi connectivity index (χ2n) is 4.23. The zero-order chi connectivity index (χ0) is 10.4. The van der Waals surface area contributed by atoms with E-state index in [0.717, 1.165) is 19.4 Å². The zero-order valence-corrected chi connectivity index (χ0v) is 15.0. The molecule has 0 bridgehead atoms. The summed E-state index contributed by atoms with van der Waals surface area (Å²) in [6.07, 6.45) is 10.1. The van der Waals surface area contributed by atoms with Gasteiger partial charge in [0.05, 0.1) is 0 Å². The van der Waals surface area contributed by atoms with Crippen LogP contribution in [0, 0.1) is 6.08 Å². The molecule has 1 unspecified atom stereocenters. The van der Waals surface area contributed by atoms with E-state index >= 15 is 0 Å². The molecule has 1 radical (unpaired) electrons. The predicted octanol–water partition coefficient (Wildman–Crippen LogP) is -3.04. The normalized spacial score (nSPS) is 14.5. The molecule has 1 atom stereocenters. The summed E-state index contributed by atoms with van der Waals surface area (Å²) >= 11 is 0. The number of hydrogen-bond donors (Lipinski definition) is 0. The Morgan fingerprint density at radius 1 is 1.41 bits per heavy atom. The first-order valence-corrected chi connectivity index (χ1v) is 8.75. The van der Waals surface area contributed by atoms with Gasteiger partial charge in [-0.3, -0.25) is 6.08 Å². The average molecular weight is 328 g/mol. The van der Waals surface area contributed by atoms with Crippen LogP contribution in [0.5, 0.6) is 0 Å². The summed E-state index contributed by atoms with van der Waals surface area (Å²) in [4.78, 5) is 0. The summed E-state index contributed by atoms with van der Waals surface area (Å²) in [7, 11) is -0.547. The van der Waals surface area contributed by atoms with E-state index in [0.29, 0.717) is 6.10 Å². The van der Waals surface area contributed by atoms with E-state index < -0.39 is 8.80 Å². The molecule has 0 saturated carbocycles. The first-order chi connectivity index (χ1) is 6.74. The van der Waals surface area contributed by atoms with Gasteiger partial charge in [0, 0.05) is 21.5 Å². The van der Waals surface area contributed by atoms with Crippen molar-refractivity contribution < 1.29 is 51.3 Å². The van der Waals surface area contributed by atoms with Crippen LogP contribution < -0.4 is 24.8 Å². The molecule has 0 aromatic heterocycles. The van der Waals surface area contributed by atoms with Crippen LogP contribution in [0.15, 0.2) is 17.7 Å². The van der Waals surface area contributed by atoms with Crippen molar-refractivity contribution >= 4 is 8.80 Å². The van der Waals surface area contributed by atoms with Gasteiger partial charge in [-0.2, -0.15) is 11.6 Å². The van der Waals surface area contributed by atoms with Gasteiger partial charge in [-0.1, -0.05) is 20.0 Å². The Balaban J connectivity index is -0.000000653. The quantitative estimate of drug-likeness (QED) is 0.372. The zero-order valence-electron chi connectivity index (χ0n) is 10.8. The van der Waals surface area contributed by atoms with E-state index in [-0.39, 0.29) is 46.5 Å². The van der Waals surface area contributed by atoms with Gasteiger partial charge in [-0.15, -0.1) is 6.42 Å². The van der Waals surface area contributed by atoms with E-state index in [9.17, 15) is 0 Å². The number of allylic oxidation sites excluding steroid dienone is 2. The van der Waals surface area contributed by atoms with Gasteiger partial charge in [-0.25, -0.2) is 6.08 Å². The van der Waals surface area contributed by atoms with Gasteiger partial charge in [0.1, 0.15) is 0 Å². The van der Waals surface area contributed by atoms with Gasteiger partial charge in [-0.05, 0) is 12.5 Å². The van der Waals surface area contributed by atoms with Crippen LogP contribution in [0.4, 0.5) is 0 Å². The summed E-state index contributed by atoms with van der Waals surface area (Å²) in [6.45, 7) is 7.79. The molecule has 0 aromatic carbocycles. The second kappa shape index (κ2) is 13.4. The van der Waals surface area contributed by atoms with Crippen molar-refractivity contribution in [3.8, 4) is 0 Å². The minimum Gasteiger partial charge on any atom is -1.00 e. The molecular formula is C12H21Cl2OSiTi. The minimum atomic E-state index is -0.547. The van der Waals surface area contributed by atoms with Gasteiger partial charge >= 0.3 is 21.7 Å². The molecule has 17 heavy (non-hydrogen) atoms. The Morgan fingerprint density at radius 3 is 2.47 bits per heavy atom. The average Bonchev–Trinajstić information content (AvgIpc) is 2.64. The summed E-state index contributed by atoms with van der Waals surface area (Å²) in [5.74, 6) is 0. The van der Waals surface area contributed by atoms with Gasteiger partial charge in [0.15, 0.2) is 0 Å². The van der Waals surface area contributed by atoms with Crippen molar-refractivity contribution in [2.45, 2.75) is 45.0 Å². The Bertz CT molecular complexity index is 233. The van der Waals surface area contributed by atoms with Crippen LogP contribution in [0.2, 0.25) is 19.1 Å². The van der Waals surface area contributed by atoms with Crippen LogP contribution >= 0.6 is 0 Å². The minimum absolute atomic E-state index is 0. The van der Waals surface area contributed by atoms with Crippen molar-refractivity contribution in [2.24, 2.45) is 0 Å². The standard InChI is InChI=1S/C12H21OSi.2ClH.Ti/c1-4-9-13-12(10-14(2)3)11-7-5-6-8-11;;;/h5,7,12,14H,4,6,9-10H2,1-3H3;2*1H;/q-1;;;+3/p-2. The van der Waals surface area contributed by atoms with E-state index in [1.165, 1.54) is 11.6 Å². The van der Waals surface area contributed by atoms with Crippen LogP contribution in [-0.2, 0) is 26.5 Å². The van der Waals surface area contributed by atoms with Crippen molar-refractivity contribution in [3.05, 3.63) is 23.8 Å². The second-order valence-corrected chi connectivity index (χ2v) is 7.49.